The lowest BCUT2D eigenvalue weighted by Gasteiger charge is -2.17. The van der Waals surface area contributed by atoms with Crippen LogP contribution in [0.25, 0.3) is 0 Å². The highest BCUT2D eigenvalue weighted by Crippen LogP contribution is 2.28. The lowest BCUT2D eigenvalue weighted by molar-refractivity contribution is -0.118. The predicted octanol–water partition coefficient (Wildman–Crippen LogP) is 4.41. The quantitative estimate of drug-likeness (QED) is 0.778. The third-order valence-electron chi connectivity index (χ3n) is 3.59. The van der Waals surface area contributed by atoms with Crippen molar-refractivity contribution in [1.82, 2.24) is 0 Å². The average molecular weight is 318 g/mol. The van der Waals surface area contributed by atoms with Gasteiger partial charge in [-0.05, 0) is 42.3 Å². The number of nitrogens with zero attached hydrogens (tertiary/aromatic N) is 1. The SMILES string of the molecule is O=C(CCSc1ccc(Cl)cc1)N1CCc2ccccc21. The number of carbonyl (C=O) groups excluding carboxylic acids is 1. The molecule has 1 aliphatic rings. The molecule has 2 aromatic rings. The summed E-state index contributed by atoms with van der Waals surface area (Å²) in [5.41, 5.74) is 2.36. The van der Waals surface area contributed by atoms with E-state index in [9.17, 15) is 4.79 Å². The van der Waals surface area contributed by atoms with Crippen molar-refractivity contribution in [2.75, 3.05) is 17.2 Å². The van der Waals surface area contributed by atoms with E-state index in [1.807, 2.05) is 47.4 Å². The maximum atomic E-state index is 12.3. The summed E-state index contributed by atoms with van der Waals surface area (Å²) in [6, 6.07) is 15.9. The van der Waals surface area contributed by atoms with Crippen LogP contribution in [-0.4, -0.2) is 18.2 Å². The molecule has 0 aromatic heterocycles. The molecule has 2 aromatic carbocycles. The zero-order chi connectivity index (χ0) is 14.7. The zero-order valence-corrected chi connectivity index (χ0v) is 13.2. The van der Waals surface area contributed by atoms with Crippen molar-refractivity contribution < 1.29 is 4.79 Å². The third-order valence-corrected chi connectivity index (χ3v) is 4.85. The normalized spacial score (nSPS) is 13.3. The first-order valence-corrected chi connectivity index (χ1v) is 8.37. The average Bonchev–Trinajstić information content (AvgIpc) is 2.93. The van der Waals surface area contributed by atoms with E-state index in [1.54, 1.807) is 11.8 Å². The van der Waals surface area contributed by atoms with Crippen molar-refractivity contribution in [2.24, 2.45) is 0 Å². The number of rotatable bonds is 4. The second-order valence-electron chi connectivity index (χ2n) is 4.98. The van der Waals surface area contributed by atoms with Gasteiger partial charge in [0.15, 0.2) is 0 Å². The Morgan fingerprint density at radius 3 is 2.71 bits per heavy atom. The van der Waals surface area contributed by atoms with E-state index in [-0.39, 0.29) is 5.91 Å². The molecule has 0 atom stereocenters. The summed E-state index contributed by atoms with van der Waals surface area (Å²) in [6.07, 6.45) is 1.52. The van der Waals surface area contributed by atoms with Crippen LogP contribution in [0.1, 0.15) is 12.0 Å². The summed E-state index contributed by atoms with van der Waals surface area (Å²) < 4.78 is 0. The maximum Gasteiger partial charge on any atom is 0.227 e. The fraction of sp³-hybridized carbons (Fsp3) is 0.235. The molecule has 1 heterocycles. The molecule has 108 valence electrons. The number of para-hydroxylation sites is 1. The highest BCUT2D eigenvalue weighted by molar-refractivity contribution is 7.99. The van der Waals surface area contributed by atoms with Crippen molar-refractivity contribution in [1.29, 1.82) is 0 Å². The van der Waals surface area contributed by atoms with E-state index < -0.39 is 0 Å². The molecule has 0 radical (unpaired) electrons. The van der Waals surface area contributed by atoms with Gasteiger partial charge in [-0.1, -0.05) is 29.8 Å². The highest BCUT2D eigenvalue weighted by Gasteiger charge is 2.23. The van der Waals surface area contributed by atoms with E-state index in [0.717, 1.165) is 34.3 Å². The second-order valence-corrected chi connectivity index (χ2v) is 6.58. The molecule has 0 bridgehead atoms. The first-order valence-electron chi connectivity index (χ1n) is 7.01. The molecule has 0 fully saturated rings. The molecule has 1 amide bonds. The molecule has 21 heavy (non-hydrogen) atoms. The molecule has 4 heteroatoms. The lowest BCUT2D eigenvalue weighted by Crippen LogP contribution is -2.29. The summed E-state index contributed by atoms with van der Waals surface area (Å²) in [7, 11) is 0. The Balaban J connectivity index is 1.54. The second kappa shape index (κ2) is 6.54. The monoisotopic (exact) mass is 317 g/mol. The molecule has 0 N–H and O–H groups in total. The van der Waals surface area contributed by atoms with Crippen LogP contribution in [0, 0.1) is 0 Å². The van der Waals surface area contributed by atoms with Crippen molar-refractivity contribution in [3.8, 4) is 0 Å². The van der Waals surface area contributed by atoms with Crippen LogP contribution in [0.5, 0.6) is 0 Å². The van der Waals surface area contributed by atoms with Gasteiger partial charge in [0, 0.05) is 34.3 Å². The standard InChI is InChI=1S/C17H16ClNOS/c18-14-5-7-15(8-6-14)21-12-10-17(20)19-11-9-13-3-1-2-4-16(13)19/h1-8H,9-12H2. The van der Waals surface area contributed by atoms with Crippen molar-refractivity contribution in [2.45, 2.75) is 17.7 Å². The van der Waals surface area contributed by atoms with E-state index >= 15 is 0 Å². The molecule has 0 saturated carbocycles. The third kappa shape index (κ3) is 3.42. The van der Waals surface area contributed by atoms with Crippen LogP contribution in [0.4, 0.5) is 5.69 Å². The van der Waals surface area contributed by atoms with Gasteiger partial charge in [0.25, 0.3) is 0 Å². The van der Waals surface area contributed by atoms with Crippen molar-refractivity contribution >= 4 is 35.0 Å². The number of thioether (sulfide) groups is 1. The van der Waals surface area contributed by atoms with Crippen LogP contribution in [0.2, 0.25) is 5.02 Å². The van der Waals surface area contributed by atoms with Crippen molar-refractivity contribution in [3.63, 3.8) is 0 Å². The molecule has 0 spiro atoms. The number of fused-ring (bicyclic) bond motifs is 1. The largest absolute Gasteiger partial charge is 0.312 e. The van der Waals surface area contributed by atoms with E-state index in [0.29, 0.717) is 6.42 Å². The lowest BCUT2D eigenvalue weighted by atomic mass is 10.2. The number of halogens is 1. The molecule has 2 nitrogen and oxygen atoms in total. The molecular weight excluding hydrogens is 302 g/mol. The Morgan fingerprint density at radius 1 is 1.14 bits per heavy atom. The Morgan fingerprint density at radius 2 is 1.90 bits per heavy atom. The van der Waals surface area contributed by atoms with Crippen LogP contribution in [0.15, 0.2) is 53.4 Å². The molecule has 3 rings (SSSR count). The Labute approximate surface area is 134 Å². The first-order chi connectivity index (χ1) is 10.2. The fourth-order valence-electron chi connectivity index (χ4n) is 2.52. The van der Waals surface area contributed by atoms with Crippen molar-refractivity contribution in [3.05, 3.63) is 59.1 Å². The van der Waals surface area contributed by atoms with E-state index in [2.05, 4.69) is 6.07 Å². The molecular formula is C17H16ClNOS. The van der Waals surface area contributed by atoms with Crippen LogP contribution >= 0.6 is 23.4 Å². The Bertz CT molecular complexity index is 641. The summed E-state index contributed by atoms with van der Waals surface area (Å²) in [4.78, 5) is 15.4. The van der Waals surface area contributed by atoms with Crippen LogP contribution in [-0.2, 0) is 11.2 Å². The minimum absolute atomic E-state index is 0.210. The summed E-state index contributed by atoms with van der Waals surface area (Å²) in [5.74, 6) is 1.00. The van der Waals surface area contributed by atoms with Gasteiger partial charge in [-0.25, -0.2) is 0 Å². The number of amides is 1. The first kappa shape index (κ1) is 14.5. The number of carbonyl (C=O) groups is 1. The summed E-state index contributed by atoms with van der Waals surface area (Å²) in [6.45, 7) is 0.809. The van der Waals surface area contributed by atoms with Crippen LogP contribution < -0.4 is 4.90 Å². The minimum Gasteiger partial charge on any atom is -0.312 e. The van der Waals surface area contributed by atoms with Gasteiger partial charge in [-0.15, -0.1) is 11.8 Å². The zero-order valence-electron chi connectivity index (χ0n) is 11.6. The van der Waals surface area contributed by atoms with E-state index in [1.165, 1.54) is 5.56 Å². The van der Waals surface area contributed by atoms with Gasteiger partial charge in [0.2, 0.25) is 5.91 Å². The van der Waals surface area contributed by atoms with Gasteiger partial charge in [-0.2, -0.15) is 0 Å². The van der Waals surface area contributed by atoms with Crippen LogP contribution in [0.3, 0.4) is 0 Å². The van der Waals surface area contributed by atoms with Gasteiger partial charge in [-0.3, -0.25) is 4.79 Å². The predicted molar refractivity (Wildman–Crippen MR) is 89.3 cm³/mol. The van der Waals surface area contributed by atoms with E-state index in [4.69, 9.17) is 11.6 Å². The smallest absolute Gasteiger partial charge is 0.227 e. The van der Waals surface area contributed by atoms with Gasteiger partial charge in [0.1, 0.15) is 0 Å². The molecule has 0 saturated heterocycles. The van der Waals surface area contributed by atoms with Gasteiger partial charge < -0.3 is 4.90 Å². The van der Waals surface area contributed by atoms with Gasteiger partial charge in [0.05, 0.1) is 0 Å². The number of hydrogen-bond acceptors (Lipinski definition) is 2. The minimum atomic E-state index is 0.210. The van der Waals surface area contributed by atoms with Gasteiger partial charge >= 0.3 is 0 Å². The Hall–Kier alpha value is -1.45. The molecule has 0 unspecified atom stereocenters. The molecule has 0 aliphatic carbocycles. The highest BCUT2D eigenvalue weighted by atomic mass is 35.5. The summed E-state index contributed by atoms with van der Waals surface area (Å²) >= 11 is 7.55. The maximum absolute atomic E-state index is 12.3. The number of anilines is 1. The number of benzene rings is 2. The fourth-order valence-corrected chi connectivity index (χ4v) is 3.49. The topological polar surface area (TPSA) is 20.3 Å². The summed E-state index contributed by atoms with van der Waals surface area (Å²) in [5, 5.41) is 0.740. The molecule has 1 aliphatic heterocycles. The number of hydrogen-bond donors (Lipinski definition) is 0. The Kier molecular flexibility index (Phi) is 4.51.